The number of aliphatic hydroxyl groups excluding tert-OH is 1. The van der Waals surface area contributed by atoms with E-state index in [2.05, 4.69) is 52.3 Å². The Hall–Kier alpha value is -2.66. The lowest BCUT2D eigenvalue weighted by molar-refractivity contribution is 0.261. The van der Waals surface area contributed by atoms with Crippen molar-refractivity contribution in [1.82, 2.24) is 9.88 Å². The molecular weight excluding hydrogens is 408 g/mol. The van der Waals surface area contributed by atoms with Gasteiger partial charge in [-0.15, -0.1) is 12.4 Å². The van der Waals surface area contributed by atoms with Crippen LogP contribution in [0.1, 0.15) is 29.5 Å². The number of nitrogens with zero attached hydrogens (tertiary/aromatic N) is 2. The number of pyridine rings is 1. The molecule has 5 heteroatoms. The van der Waals surface area contributed by atoms with E-state index < -0.39 is 0 Å². The van der Waals surface area contributed by atoms with Crippen LogP contribution < -0.4 is 4.74 Å². The smallest absolute Gasteiger partial charge is 0.119 e. The fourth-order valence-corrected chi connectivity index (χ4v) is 3.40. The monoisotopic (exact) mass is 438 g/mol. The molecular formula is C26H31ClN2O2. The summed E-state index contributed by atoms with van der Waals surface area (Å²) in [4.78, 5) is 6.45. The summed E-state index contributed by atoms with van der Waals surface area (Å²) in [5, 5.41) is 9.49. The van der Waals surface area contributed by atoms with Gasteiger partial charge in [0.05, 0.1) is 0 Å². The first-order chi connectivity index (χ1) is 14.7. The minimum Gasteiger partial charge on any atom is -0.492 e. The van der Waals surface area contributed by atoms with E-state index in [0.717, 1.165) is 41.0 Å². The highest BCUT2D eigenvalue weighted by molar-refractivity contribution is 5.98. The van der Waals surface area contributed by atoms with Crippen molar-refractivity contribution < 1.29 is 9.84 Å². The largest absolute Gasteiger partial charge is 0.492 e. The van der Waals surface area contributed by atoms with Gasteiger partial charge in [0.15, 0.2) is 0 Å². The van der Waals surface area contributed by atoms with E-state index in [1.807, 2.05) is 44.6 Å². The first-order valence-corrected chi connectivity index (χ1v) is 10.4. The highest BCUT2D eigenvalue weighted by Crippen LogP contribution is 2.35. The molecule has 0 unspecified atom stereocenters. The van der Waals surface area contributed by atoms with Crippen molar-refractivity contribution in [2.45, 2.75) is 12.8 Å². The zero-order valence-electron chi connectivity index (χ0n) is 18.2. The Morgan fingerprint density at radius 3 is 2.23 bits per heavy atom. The maximum absolute atomic E-state index is 9.49. The van der Waals surface area contributed by atoms with Gasteiger partial charge in [0, 0.05) is 31.1 Å². The molecule has 164 valence electrons. The molecule has 0 atom stereocenters. The Kier molecular flexibility index (Phi) is 10.2. The van der Waals surface area contributed by atoms with Crippen molar-refractivity contribution in [2.75, 3.05) is 33.9 Å². The molecule has 0 saturated heterocycles. The van der Waals surface area contributed by atoms with Crippen LogP contribution in [0.5, 0.6) is 5.75 Å². The first-order valence-electron chi connectivity index (χ1n) is 10.4. The van der Waals surface area contributed by atoms with E-state index in [4.69, 9.17) is 4.74 Å². The second kappa shape index (κ2) is 12.9. The fraction of sp³-hybridized carbons (Fsp3) is 0.269. The van der Waals surface area contributed by atoms with E-state index >= 15 is 0 Å². The Morgan fingerprint density at radius 2 is 1.61 bits per heavy atom. The van der Waals surface area contributed by atoms with Crippen LogP contribution in [0.2, 0.25) is 0 Å². The minimum absolute atomic E-state index is 0. The zero-order chi connectivity index (χ0) is 21.2. The van der Waals surface area contributed by atoms with Gasteiger partial charge >= 0.3 is 0 Å². The number of hydrogen-bond donors (Lipinski definition) is 1. The highest BCUT2D eigenvalue weighted by Gasteiger charge is 2.14. The van der Waals surface area contributed by atoms with Crippen molar-refractivity contribution in [1.29, 1.82) is 0 Å². The Morgan fingerprint density at radius 1 is 0.903 bits per heavy atom. The quantitative estimate of drug-likeness (QED) is 0.443. The van der Waals surface area contributed by atoms with Gasteiger partial charge in [0.25, 0.3) is 0 Å². The van der Waals surface area contributed by atoms with Gasteiger partial charge in [-0.1, -0.05) is 48.5 Å². The van der Waals surface area contributed by atoms with Crippen molar-refractivity contribution >= 4 is 23.6 Å². The number of rotatable bonds is 10. The SMILES string of the molecule is CN(C)CCOc1ccc(/C(=C(/CCCO)c2ccccc2)c2cccnc2)cc1.Cl. The summed E-state index contributed by atoms with van der Waals surface area (Å²) >= 11 is 0. The van der Waals surface area contributed by atoms with E-state index in [0.29, 0.717) is 13.0 Å². The van der Waals surface area contributed by atoms with Gasteiger partial charge in [0.1, 0.15) is 12.4 Å². The first kappa shape index (κ1) is 24.6. The Labute approximate surface area is 191 Å². The third-order valence-corrected chi connectivity index (χ3v) is 4.91. The summed E-state index contributed by atoms with van der Waals surface area (Å²) in [5.74, 6) is 0.864. The molecule has 0 aliphatic carbocycles. The van der Waals surface area contributed by atoms with Crippen molar-refractivity contribution in [3.05, 3.63) is 95.8 Å². The predicted octanol–water partition coefficient (Wildman–Crippen LogP) is 5.18. The van der Waals surface area contributed by atoms with E-state index in [9.17, 15) is 5.11 Å². The van der Waals surface area contributed by atoms with E-state index in [-0.39, 0.29) is 19.0 Å². The predicted molar refractivity (Wildman–Crippen MR) is 131 cm³/mol. The molecule has 0 spiro atoms. The molecule has 31 heavy (non-hydrogen) atoms. The summed E-state index contributed by atoms with van der Waals surface area (Å²) in [7, 11) is 4.07. The summed E-state index contributed by atoms with van der Waals surface area (Å²) in [5.41, 5.74) is 5.69. The molecule has 2 aromatic carbocycles. The number of allylic oxidation sites excluding steroid dienone is 1. The van der Waals surface area contributed by atoms with Crippen LogP contribution >= 0.6 is 12.4 Å². The number of halogens is 1. The fourth-order valence-electron chi connectivity index (χ4n) is 3.40. The third-order valence-electron chi connectivity index (χ3n) is 4.91. The summed E-state index contributed by atoms with van der Waals surface area (Å²) in [6, 6.07) is 22.7. The molecule has 4 nitrogen and oxygen atoms in total. The molecule has 0 fully saturated rings. The average Bonchev–Trinajstić information content (AvgIpc) is 2.78. The molecule has 0 saturated carbocycles. The van der Waals surface area contributed by atoms with Crippen molar-refractivity contribution in [3.8, 4) is 5.75 Å². The second-order valence-electron chi connectivity index (χ2n) is 7.46. The van der Waals surface area contributed by atoms with Crippen LogP contribution in [-0.4, -0.2) is 48.8 Å². The van der Waals surface area contributed by atoms with Crippen LogP contribution in [0.25, 0.3) is 11.1 Å². The highest BCUT2D eigenvalue weighted by atomic mass is 35.5. The lowest BCUT2D eigenvalue weighted by Crippen LogP contribution is -2.19. The number of aromatic nitrogens is 1. The maximum atomic E-state index is 9.49. The zero-order valence-corrected chi connectivity index (χ0v) is 19.0. The van der Waals surface area contributed by atoms with Crippen LogP contribution in [0.15, 0.2) is 79.1 Å². The van der Waals surface area contributed by atoms with E-state index in [1.54, 1.807) is 6.20 Å². The molecule has 0 bridgehead atoms. The Bertz CT molecular complexity index is 927. The number of benzene rings is 2. The van der Waals surface area contributed by atoms with Crippen molar-refractivity contribution in [3.63, 3.8) is 0 Å². The van der Waals surface area contributed by atoms with Gasteiger partial charge in [-0.05, 0) is 67.4 Å². The molecule has 1 heterocycles. The topological polar surface area (TPSA) is 45.6 Å². The van der Waals surface area contributed by atoms with Crippen LogP contribution in [-0.2, 0) is 0 Å². The molecule has 1 aromatic heterocycles. The molecule has 0 aliphatic heterocycles. The molecule has 0 aliphatic rings. The standard InChI is InChI=1S/C26H30N2O2.ClH/c1-28(2)17-19-30-24-14-12-22(13-15-24)26(23-10-6-16-27-20-23)25(11-7-18-29)21-8-4-3-5-9-21;/h3-6,8-10,12-16,20,29H,7,11,17-19H2,1-2H3;1H/b26-25+;. The number of ether oxygens (including phenoxy) is 1. The molecule has 0 radical (unpaired) electrons. The van der Waals surface area contributed by atoms with Crippen LogP contribution in [0, 0.1) is 0 Å². The summed E-state index contributed by atoms with van der Waals surface area (Å²) < 4.78 is 5.86. The lowest BCUT2D eigenvalue weighted by Gasteiger charge is -2.17. The number of hydrogen-bond acceptors (Lipinski definition) is 4. The average molecular weight is 439 g/mol. The summed E-state index contributed by atoms with van der Waals surface area (Å²) in [6.07, 6.45) is 5.18. The van der Waals surface area contributed by atoms with Gasteiger partial charge in [-0.2, -0.15) is 0 Å². The van der Waals surface area contributed by atoms with E-state index in [1.165, 1.54) is 5.57 Å². The molecule has 1 N–H and O–H groups in total. The van der Waals surface area contributed by atoms with Crippen LogP contribution in [0.3, 0.4) is 0 Å². The van der Waals surface area contributed by atoms with Gasteiger partial charge in [-0.25, -0.2) is 0 Å². The lowest BCUT2D eigenvalue weighted by atomic mass is 9.88. The molecule has 3 aromatic rings. The van der Waals surface area contributed by atoms with Crippen LogP contribution in [0.4, 0.5) is 0 Å². The Balaban J connectivity index is 0.00000341. The van der Waals surface area contributed by atoms with Crippen molar-refractivity contribution in [2.24, 2.45) is 0 Å². The molecule has 3 rings (SSSR count). The number of aliphatic hydroxyl groups is 1. The van der Waals surface area contributed by atoms with Gasteiger partial charge in [-0.3, -0.25) is 4.98 Å². The van der Waals surface area contributed by atoms with Gasteiger partial charge < -0.3 is 14.7 Å². The van der Waals surface area contributed by atoms with Gasteiger partial charge in [0.2, 0.25) is 0 Å². The maximum Gasteiger partial charge on any atom is 0.119 e. The third kappa shape index (κ3) is 7.21. The number of likely N-dealkylation sites (N-methyl/N-ethyl adjacent to an activating group) is 1. The second-order valence-corrected chi connectivity index (χ2v) is 7.46. The normalized spacial score (nSPS) is 11.6. The summed E-state index contributed by atoms with van der Waals surface area (Å²) in [6.45, 7) is 1.70. The minimum atomic E-state index is 0. The molecule has 0 amide bonds.